The minimum atomic E-state index is -0.909. The van der Waals surface area contributed by atoms with Crippen LogP contribution in [0, 0.1) is 0 Å². The van der Waals surface area contributed by atoms with Crippen LogP contribution in [-0.2, 0) is 16.0 Å². The summed E-state index contributed by atoms with van der Waals surface area (Å²) in [5, 5.41) is 8.77. The molecule has 0 aliphatic rings. The van der Waals surface area contributed by atoms with Gasteiger partial charge in [0.2, 0.25) is 5.91 Å². The zero-order chi connectivity index (χ0) is 16.0. The number of nitrogens with zero attached hydrogens (tertiary/aromatic N) is 1. The van der Waals surface area contributed by atoms with Gasteiger partial charge in [-0.25, -0.2) is 0 Å². The molecule has 0 radical (unpaired) electrons. The first kappa shape index (κ1) is 17.5. The summed E-state index contributed by atoms with van der Waals surface area (Å²) in [4.78, 5) is 24.7. The SMILES string of the molecule is COc1ccc(Br)cc1CC(=O)N(CCC(=O)O)C(C)C. The first-order valence-electron chi connectivity index (χ1n) is 6.68. The van der Waals surface area contributed by atoms with Gasteiger partial charge < -0.3 is 14.7 Å². The molecule has 0 saturated carbocycles. The number of methoxy groups -OCH3 is 1. The Kier molecular flexibility index (Phi) is 6.68. The average Bonchev–Trinajstić information content (AvgIpc) is 2.38. The van der Waals surface area contributed by atoms with Crippen LogP contribution >= 0.6 is 15.9 Å². The molecule has 1 amide bonds. The van der Waals surface area contributed by atoms with Crippen molar-refractivity contribution in [3.63, 3.8) is 0 Å². The van der Waals surface area contributed by atoms with E-state index in [1.807, 2.05) is 26.0 Å². The predicted molar refractivity (Wildman–Crippen MR) is 83.5 cm³/mol. The minimum absolute atomic E-state index is 0.0463. The monoisotopic (exact) mass is 357 g/mol. The van der Waals surface area contributed by atoms with E-state index in [4.69, 9.17) is 9.84 Å². The van der Waals surface area contributed by atoms with Crippen LogP contribution in [0.5, 0.6) is 5.75 Å². The minimum Gasteiger partial charge on any atom is -0.496 e. The van der Waals surface area contributed by atoms with Crippen LogP contribution in [-0.4, -0.2) is 41.6 Å². The molecule has 5 nitrogen and oxygen atoms in total. The summed E-state index contributed by atoms with van der Waals surface area (Å²) in [6.07, 6.45) is 0.125. The molecule has 1 aromatic carbocycles. The number of carboxylic acid groups (broad SMARTS) is 1. The highest BCUT2D eigenvalue weighted by molar-refractivity contribution is 9.10. The maximum atomic E-state index is 12.4. The molecule has 0 saturated heterocycles. The molecule has 1 N–H and O–H groups in total. The lowest BCUT2D eigenvalue weighted by Gasteiger charge is -2.26. The van der Waals surface area contributed by atoms with Crippen molar-refractivity contribution in [2.45, 2.75) is 32.7 Å². The van der Waals surface area contributed by atoms with E-state index in [-0.39, 0.29) is 31.3 Å². The molecule has 0 fully saturated rings. The number of halogens is 1. The lowest BCUT2D eigenvalue weighted by atomic mass is 10.1. The zero-order valence-corrected chi connectivity index (χ0v) is 14.0. The van der Waals surface area contributed by atoms with Gasteiger partial charge in [-0.3, -0.25) is 9.59 Å². The summed E-state index contributed by atoms with van der Waals surface area (Å²) in [5.74, 6) is -0.371. The standard InChI is InChI=1S/C15H20BrNO4/c1-10(2)17(7-6-15(19)20)14(18)9-11-8-12(16)4-5-13(11)21-3/h4-5,8,10H,6-7,9H2,1-3H3,(H,19,20). The Labute approximate surface area is 133 Å². The van der Waals surface area contributed by atoms with Crippen LogP contribution in [0.25, 0.3) is 0 Å². The molecule has 1 rings (SSSR count). The topological polar surface area (TPSA) is 66.8 Å². The fraction of sp³-hybridized carbons (Fsp3) is 0.467. The van der Waals surface area contributed by atoms with E-state index in [1.54, 1.807) is 18.1 Å². The second-order valence-electron chi connectivity index (χ2n) is 4.96. The van der Waals surface area contributed by atoms with Crippen molar-refractivity contribution < 1.29 is 19.4 Å². The van der Waals surface area contributed by atoms with Gasteiger partial charge in [-0.15, -0.1) is 0 Å². The fourth-order valence-corrected chi connectivity index (χ4v) is 2.45. The zero-order valence-electron chi connectivity index (χ0n) is 12.4. The van der Waals surface area contributed by atoms with E-state index < -0.39 is 5.97 Å². The number of hydrogen-bond acceptors (Lipinski definition) is 3. The van der Waals surface area contributed by atoms with Gasteiger partial charge >= 0.3 is 5.97 Å². The quantitative estimate of drug-likeness (QED) is 0.814. The van der Waals surface area contributed by atoms with Crippen molar-refractivity contribution in [3.8, 4) is 5.75 Å². The van der Waals surface area contributed by atoms with Crippen molar-refractivity contribution in [3.05, 3.63) is 28.2 Å². The third kappa shape index (κ3) is 5.38. The molecule has 21 heavy (non-hydrogen) atoms. The highest BCUT2D eigenvalue weighted by atomic mass is 79.9. The van der Waals surface area contributed by atoms with E-state index >= 15 is 0 Å². The third-order valence-corrected chi connectivity index (χ3v) is 3.59. The van der Waals surface area contributed by atoms with E-state index in [9.17, 15) is 9.59 Å². The van der Waals surface area contributed by atoms with Gasteiger partial charge in [-0.05, 0) is 32.0 Å². The third-order valence-electron chi connectivity index (χ3n) is 3.09. The number of benzene rings is 1. The van der Waals surface area contributed by atoms with Crippen LogP contribution < -0.4 is 4.74 Å². The van der Waals surface area contributed by atoms with Crippen LogP contribution in [0.15, 0.2) is 22.7 Å². The Morgan fingerprint density at radius 1 is 1.38 bits per heavy atom. The number of carbonyl (C=O) groups excluding carboxylic acids is 1. The summed E-state index contributed by atoms with van der Waals surface area (Å²) in [6.45, 7) is 3.96. The summed E-state index contributed by atoms with van der Waals surface area (Å²) in [5.41, 5.74) is 0.776. The van der Waals surface area contributed by atoms with Gasteiger partial charge in [0.15, 0.2) is 0 Å². The molecule has 0 aliphatic carbocycles. The van der Waals surface area contributed by atoms with Crippen molar-refractivity contribution in [2.24, 2.45) is 0 Å². The molecule has 0 heterocycles. The Bertz CT molecular complexity index is 516. The molecule has 0 unspecified atom stereocenters. The number of carbonyl (C=O) groups is 2. The van der Waals surface area contributed by atoms with Crippen molar-refractivity contribution in [1.82, 2.24) is 4.90 Å². The van der Waals surface area contributed by atoms with E-state index in [0.717, 1.165) is 10.0 Å². The highest BCUT2D eigenvalue weighted by Gasteiger charge is 2.19. The van der Waals surface area contributed by atoms with E-state index in [2.05, 4.69) is 15.9 Å². The van der Waals surface area contributed by atoms with Crippen molar-refractivity contribution in [1.29, 1.82) is 0 Å². The van der Waals surface area contributed by atoms with Crippen molar-refractivity contribution >= 4 is 27.8 Å². The van der Waals surface area contributed by atoms with Crippen molar-refractivity contribution in [2.75, 3.05) is 13.7 Å². The first-order chi connectivity index (χ1) is 9.85. The lowest BCUT2D eigenvalue weighted by Crippen LogP contribution is -2.39. The second-order valence-corrected chi connectivity index (χ2v) is 5.87. The molecule has 0 spiro atoms. The van der Waals surface area contributed by atoms with Gasteiger partial charge in [0.1, 0.15) is 5.75 Å². The van der Waals surface area contributed by atoms with E-state index in [0.29, 0.717) is 5.75 Å². The van der Waals surface area contributed by atoms with Gasteiger partial charge in [-0.2, -0.15) is 0 Å². The summed E-state index contributed by atoms with van der Waals surface area (Å²) >= 11 is 3.37. The fourth-order valence-electron chi connectivity index (χ4n) is 2.04. The molecule has 0 aliphatic heterocycles. The lowest BCUT2D eigenvalue weighted by molar-refractivity contribution is -0.139. The summed E-state index contributed by atoms with van der Waals surface area (Å²) in [7, 11) is 1.56. The van der Waals surface area contributed by atoms with Gasteiger partial charge in [0, 0.05) is 22.6 Å². The molecule has 116 valence electrons. The second kappa shape index (κ2) is 8.02. The predicted octanol–water partition coefficient (Wildman–Crippen LogP) is 2.71. The van der Waals surface area contributed by atoms with Crippen LogP contribution in [0.2, 0.25) is 0 Å². The molecular weight excluding hydrogens is 338 g/mol. The Morgan fingerprint density at radius 3 is 2.57 bits per heavy atom. The molecule has 0 aromatic heterocycles. The van der Waals surface area contributed by atoms with Crippen LogP contribution in [0.3, 0.4) is 0 Å². The molecule has 6 heteroatoms. The van der Waals surface area contributed by atoms with Gasteiger partial charge in [-0.1, -0.05) is 15.9 Å². The Balaban J connectivity index is 2.86. The van der Waals surface area contributed by atoms with Crippen LogP contribution in [0.1, 0.15) is 25.8 Å². The first-order valence-corrected chi connectivity index (χ1v) is 7.48. The highest BCUT2D eigenvalue weighted by Crippen LogP contribution is 2.24. The summed E-state index contributed by atoms with van der Waals surface area (Å²) < 4.78 is 6.12. The number of ether oxygens (including phenoxy) is 1. The molecule has 0 atom stereocenters. The largest absolute Gasteiger partial charge is 0.496 e. The molecule has 1 aromatic rings. The smallest absolute Gasteiger partial charge is 0.305 e. The number of carboxylic acids is 1. The number of rotatable bonds is 7. The molecule has 0 bridgehead atoms. The molecular formula is C15H20BrNO4. The Morgan fingerprint density at radius 2 is 2.05 bits per heavy atom. The van der Waals surface area contributed by atoms with Gasteiger partial charge in [0.25, 0.3) is 0 Å². The van der Waals surface area contributed by atoms with Crippen LogP contribution in [0.4, 0.5) is 0 Å². The Hall–Kier alpha value is -1.56. The maximum absolute atomic E-state index is 12.4. The number of amides is 1. The maximum Gasteiger partial charge on any atom is 0.305 e. The summed E-state index contributed by atoms with van der Waals surface area (Å²) in [6, 6.07) is 5.43. The normalized spacial score (nSPS) is 10.5. The average molecular weight is 358 g/mol. The number of aliphatic carboxylic acids is 1. The van der Waals surface area contributed by atoms with Gasteiger partial charge in [0.05, 0.1) is 20.0 Å². The number of hydrogen-bond donors (Lipinski definition) is 1. The van der Waals surface area contributed by atoms with E-state index in [1.165, 1.54) is 0 Å².